The first-order valence-corrected chi connectivity index (χ1v) is 8.35. The van der Waals surface area contributed by atoms with Crippen LogP contribution in [0.5, 0.6) is 0 Å². The van der Waals surface area contributed by atoms with Gasteiger partial charge in [-0.2, -0.15) is 0 Å². The molecule has 0 radical (unpaired) electrons. The van der Waals surface area contributed by atoms with E-state index in [1.807, 2.05) is 0 Å². The fourth-order valence-corrected chi connectivity index (χ4v) is 3.84. The second-order valence-electron chi connectivity index (χ2n) is 5.80. The van der Waals surface area contributed by atoms with Gasteiger partial charge >= 0.3 is 0 Å². The zero-order chi connectivity index (χ0) is 13.8. The molecule has 1 amide bonds. The molecule has 0 fully saturated rings. The van der Waals surface area contributed by atoms with Crippen molar-refractivity contribution < 1.29 is 4.79 Å². The third-order valence-electron chi connectivity index (χ3n) is 4.26. The van der Waals surface area contributed by atoms with Crippen LogP contribution in [-0.2, 0) is 12.8 Å². The first-order valence-electron chi connectivity index (χ1n) is 7.53. The van der Waals surface area contributed by atoms with Gasteiger partial charge in [0.05, 0.1) is 4.88 Å². The molecule has 1 N–H and O–H groups in total. The molecule has 0 spiro atoms. The van der Waals surface area contributed by atoms with Gasteiger partial charge in [-0.25, -0.2) is 0 Å². The molecule has 1 aromatic rings. The molecule has 1 aliphatic carbocycles. The van der Waals surface area contributed by atoms with Crippen molar-refractivity contribution in [1.29, 1.82) is 0 Å². The van der Waals surface area contributed by atoms with E-state index in [1.165, 1.54) is 16.9 Å². The van der Waals surface area contributed by atoms with Gasteiger partial charge in [-0.15, -0.1) is 11.3 Å². The van der Waals surface area contributed by atoms with Crippen LogP contribution in [0.15, 0.2) is 6.07 Å². The average molecular weight is 279 g/mol. The first-order chi connectivity index (χ1) is 9.13. The van der Waals surface area contributed by atoms with Gasteiger partial charge in [0.1, 0.15) is 0 Å². The van der Waals surface area contributed by atoms with Crippen molar-refractivity contribution in [2.45, 2.75) is 52.9 Å². The van der Waals surface area contributed by atoms with Crippen molar-refractivity contribution in [2.75, 3.05) is 6.54 Å². The van der Waals surface area contributed by atoms with Crippen LogP contribution in [-0.4, -0.2) is 12.5 Å². The fourth-order valence-electron chi connectivity index (χ4n) is 2.72. The Morgan fingerprint density at radius 3 is 2.89 bits per heavy atom. The second-order valence-corrected chi connectivity index (χ2v) is 6.94. The predicted octanol–water partition coefficient (Wildman–Crippen LogP) is 4.04. The molecule has 1 heterocycles. The lowest BCUT2D eigenvalue weighted by Crippen LogP contribution is -2.28. The maximum atomic E-state index is 12.2. The Labute approximate surface area is 120 Å². The summed E-state index contributed by atoms with van der Waals surface area (Å²) in [6, 6.07) is 2.12. The summed E-state index contributed by atoms with van der Waals surface area (Å²) in [6.07, 6.45) is 5.83. The summed E-state index contributed by atoms with van der Waals surface area (Å²) in [5, 5.41) is 3.09. The number of fused-ring (bicyclic) bond motifs is 1. The summed E-state index contributed by atoms with van der Waals surface area (Å²) in [6.45, 7) is 7.48. The number of rotatable bonds is 5. The molecule has 1 aliphatic rings. The van der Waals surface area contributed by atoms with Gasteiger partial charge in [0.15, 0.2) is 0 Å². The zero-order valence-electron chi connectivity index (χ0n) is 12.3. The Morgan fingerprint density at radius 1 is 1.47 bits per heavy atom. The van der Waals surface area contributed by atoms with Gasteiger partial charge in [-0.3, -0.25) is 4.79 Å². The normalized spacial score (nSPS) is 18.4. The molecule has 0 saturated heterocycles. The summed E-state index contributed by atoms with van der Waals surface area (Å²) >= 11 is 1.70. The van der Waals surface area contributed by atoms with Crippen LogP contribution in [0.25, 0.3) is 0 Å². The molecule has 19 heavy (non-hydrogen) atoms. The molecule has 2 nitrogen and oxygen atoms in total. The van der Waals surface area contributed by atoms with Crippen LogP contribution in [0, 0.1) is 11.8 Å². The van der Waals surface area contributed by atoms with Gasteiger partial charge in [0.25, 0.3) is 5.91 Å². The van der Waals surface area contributed by atoms with Crippen molar-refractivity contribution in [3.8, 4) is 0 Å². The highest BCUT2D eigenvalue weighted by Crippen LogP contribution is 2.32. The van der Waals surface area contributed by atoms with Crippen molar-refractivity contribution in [3.05, 3.63) is 21.4 Å². The lowest BCUT2D eigenvalue weighted by Gasteiger charge is -2.16. The minimum atomic E-state index is 0.124. The van der Waals surface area contributed by atoms with Gasteiger partial charge in [-0.05, 0) is 42.7 Å². The van der Waals surface area contributed by atoms with E-state index in [0.717, 1.165) is 43.0 Å². The lowest BCUT2D eigenvalue weighted by molar-refractivity contribution is 0.0950. The number of nitrogens with one attached hydrogen (secondary N) is 1. The number of aryl methyl sites for hydroxylation is 1. The first kappa shape index (κ1) is 14.6. The molecular weight excluding hydrogens is 254 g/mol. The van der Waals surface area contributed by atoms with Crippen LogP contribution in [0.1, 0.15) is 60.1 Å². The molecule has 2 rings (SSSR count). The maximum Gasteiger partial charge on any atom is 0.261 e. The molecule has 0 aliphatic heterocycles. The number of hydrogen-bond acceptors (Lipinski definition) is 2. The number of carbonyl (C=O) groups excluding carboxylic acids is 1. The number of carbonyl (C=O) groups is 1. The molecule has 1 unspecified atom stereocenters. The number of hydrogen-bond donors (Lipinski definition) is 1. The largest absolute Gasteiger partial charge is 0.351 e. The van der Waals surface area contributed by atoms with Gasteiger partial charge in [0.2, 0.25) is 0 Å². The summed E-state index contributed by atoms with van der Waals surface area (Å²) in [5.41, 5.74) is 1.41. The zero-order valence-corrected chi connectivity index (χ0v) is 13.1. The van der Waals surface area contributed by atoms with E-state index in [0.29, 0.717) is 5.92 Å². The van der Waals surface area contributed by atoms with Crippen LogP contribution >= 0.6 is 11.3 Å². The number of thiophene rings is 1. The third kappa shape index (κ3) is 3.59. The standard InChI is InChI=1S/C16H25NOS/c1-4-12(5-2)10-17-16(18)15-9-13-8-11(3)6-7-14(13)19-15/h9,11-12H,4-8,10H2,1-3H3,(H,17,18). The van der Waals surface area contributed by atoms with Crippen molar-refractivity contribution >= 4 is 17.2 Å². The van der Waals surface area contributed by atoms with E-state index < -0.39 is 0 Å². The highest BCUT2D eigenvalue weighted by molar-refractivity contribution is 7.14. The highest BCUT2D eigenvalue weighted by atomic mass is 32.1. The molecule has 106 valence electrons. The third-order valence-corrected chi connectivity index (χ3v) is 5.49. The number of amides is 1. The average Bonchev–Trinajstić information content (AvgIpc) is 2.82. The van der Waals surface area contributed by atoms with E-state index in [1.54, 1.807) is 11.3 Å². The summed E-state index contributed by atoms with van der Waals surface area (Å²) in [7, 11) is 0. The SMILES string of the molecule is CCC(CC)CNC(=O)c1cc2c(s1)CCC(C)C2. The van der Waals surface area contributed by atoms with Crippen LogP contribution < -0.4 is 5.32 Å². The molecule has 0 bridgehead atoms. The van der Waals surface area contributed by atoms with E-state index >= 15 is 0 Å². The maximum absolute atomic E-state index is 12.2. The Bertz CT molecular complexity index is 434. The Balaban J connectivity index is 1.96. The van der Waals surface area contributed by atoms with Crippen LogP contribution in [0.2, 0.25) is 0 Å². The monoisotopic (exact) mass is 279 g/mol. The van der Waals surface area contributed by atoms with Gasteiger partial charge in [-0.1, -0.05) is 33.6 Å². The van der Waals surface area contributed by atoms with Gasteiger partial charge in [0, 0.05) is 11.4 Å². The van der Waals surface area contributed by atoms with Crippen molar-refractivity contribution in [3.63, 3.8) is 0 Å². The van der Waals surface area contributed by atoms with Crippen LogP contribution in [0.3, 0.4) is 0 Å². The van der Waals surface area contributed by atoms with E-state index in [4.69, 9.17) is 0 Å². The molecular formula is C16H25NOS. The minimum Gasteiger partial charge on any atom is -0.351 e. The Morgan fingerprint density at radius 2 is 2.21 bits per heavy atom. The fraction of sp³-hybridized carbons (Fsp3) is 0.688. The minimum absolute atomic E-state index is 0.124. The quantitative estimate of drug-likeness (QED) is 0.866. The van der Waals surface area contributed by atoms with Crippen LogP contribution in [0.4, 0.5) is 0 Å². The summed E-state index contributed by atoms with van der Waals surface area (Å²) in [4.78, 5) is 14.5. The smallest absolute Gasteiger partial charge is 0.261 e. The molecule has 1 atom stereocenters. The van der Waals surface area contributed by atoms with Crippen molar-refractivity contribution in [1.82, 2.24) is 5.32 Å². The Kier molecular flexibility index (Phi) is 5.03. The summed E-state index contributed by atoms with van der Waals surface area (Å²) < 4.78 is 0. The molecule has 0 saturated carbocycles. The van der Waals surface area contributed by atoms with E-state index in [2.05, 4.69) is 32.2 Å². The second kappa shape index (κ2) is 6.56. The van der Waals surface area contributed by atoms with E-state index in [-0.39, 0.29) is 5.91 Å². The Hall–Kier alpha value is -0.830. The van der Waals surface area contributed by atoms with Crippen molar-refractivity contribution in [2.24, 2.45) is 11.8 Å². The lowest BCUT2D eigenvalue weighted by atomic mass is 9.90. The topological polar surface area (TPSA) is 29.1 Å². The summed E-state index contributed by atoms with van der Waals surface area (Å²) in [5.74, 6) is 1.50. The molecule has 0 aromatic carbocycles. The highest BCUT2D eigenvalue weighted by Gasteiger charge is 2.20. The molecule has 3 heteroatoms. The van der Waals surface area contributed by atoms with Gasteiger partial charge < -0.3 is 5.32 Å². The van der Waals surface area contributed by atoms with E-state index in [9.17, 15) is 4.79 Å². The predicted molar refractivity (Wildman–Crippen MR) is 81.9 cm³/mol. The molecule has 1 aromatic heterocycles.